The molecule has 0 atom stereocenters. The van der Waals surface area contributed by atoms with Crippen molar-refractivity contribution in [3.8, 4) is 0 Å². The van der Waals surface area contributed by atoms with Crippen LogP contribution in [0.2, 0.25) is 0 Å². The van der Waals surface area contributed by atoms with E-state index in [4.69, 9.17) is 5.73 Å². The van der Waals surface area contributed by atoms with Crippen LogP contribution in [-0.2, 0) is 17.8 Å². The molecule has 1 fully saturated rings. The van der Waals surface area contributed by atoms with Crippen molar-refractivity contribution in [1.82, 2.24) is 14.9 Å². The second-order valence-corrected chi connectivity index (χ2v) is 5.52. The van der Waals surface area contributed by atoms with E-state index in [0.717, 1.165) is 43.4 Å². The number of nitrogens with zero attached hydrogens (tertiary/aromatic N) is 3. The molecule has 106 valence electrons. The molecule has 1 aromatic heterocycles. The molecule has 2 amide bonds. The van der Waals surface area contributed by atoms with E-state index in [1.54, 1.807) is 6.20 Å². The van der Waals surface area contributed by atoms with Gasteiger partial charge in [0.25, 0.3) is 5.91 Å². The molecule has 0 bridgehead atoms. The third kappa shape index (κ3) is 2.37. The Labute approximate surface area is 117 Å². The number of nitrogens with two attached hydrogens (primary N) is 1. The van der Waals surface area contributed by atoms with Gasteiger partial charge >= 0.3 is 0 Å². The second kappa shape index (κ2) is 5.19. The Morgan fingerprint density at radius 1 is 1.30 bits per heavy atom. The predicted octanol–water partition coefficient (Wildman–Crippen LogP) is 0.650. The van der Waals surface area contributed by atoms with Crippen molar-refractivity contribution < 1.29 is 9.59 Å². The van der Waals surface area contributed by atoms with E-state index in [0.29, 0.717) is 13.1 Å². The maximum absolute atomic E-state index is 12.4. The van der Waals surface area contributed by atoms with E-state index < -0.39 is 5.91 Å². The van der Waals surface area contributed by atoms with E-state index in [9.17, 15) is 9.59 Å². The standard InChI is InChI=1S/C14H18N4O2/c15-12(19)13-16-7-10-5-6-18(8-11(10)17-13)14(20)9-3-1-2-4-9/h7,9H,1-6,8H2,(H2,15,19). The first kappa shape index (κ1) is 13.0. The number of fused-ring (bicyclic) bond motifs is 1. The number of aromatic nitrogens is 2. The van der Waals surface area contributed by atoms with E-state index >= 15 is 0 Å². The topological polar surface area (TPSA) is 89.2 Å². The highest BCUT2D eigenvalue weighted by atomic mass is 16.2. The van der Waals surface area contributed by atoms with Gasteiger partial charge in [0.2, 0.25) is 11.7 Å². The summed E-state index contributed by atoms with van der Waals surface area (Å²) in [5.41, 5.74) is 6.96. The van der Waals surface area contributed by atoms with Crippen molar-refractivity contribution in [2.75, 3.05) is 6.54 Å². The first-order valence-electron chi connectivity index (χ1n) is 7.08. The highest BCUT2D eigenvalue weighted by Gasteiger charge is 2.30. The van der Waals surface area contributed by atoms with Crippen LogP contribution in [0.3, 0.4) is 0 Å². The summed E-state index contributed by atoms with van der Waals surface area (Å²) in [4.78, 5) is 33.5. The van der Waals surface area contributed by atoms with Crippen molar-refractivity contribution in [2.24, 2.45) is 11.7 Å². The maximum atomic E-state index is 12.4. The molecule has 20 heavy (non-hydrogen) atoms. The lowest BCUT2D eigenvalue weighted by Gasteiger charge is -2.30. The highest BCUT2D eigenvalue weighted by molar-refractivity contribution is 5.88. The van der Waals surface area contributed by atoms with Crippen LogP contribution >= 0.6 is 0 Å². The molecule has 2 aliphatic rings. The summed E-state index contributed by atoms with van der Waals surface area (Å²) >= 11 is 0. The van der Waals surface area contributed by atoms with E-state index in [-0.39, 0.29) is 17.6 Å². The lowest BCUT2D eigenvalue weighted by Crippen LogP contribution is -2.40. The molecular weight excluding hydrogens is 256 g/mol. The number of amides is 2. The number of rotatable bonds is 2. The number of hydrogen-bond acceptors (Lipinski definition) is 4. The van der Waals surface area contributed by atoms with Gasteiger partial charge in [-0.1, -0.05) is 12.8 Å². The summed E-state index contributed by atoms with van der Waals surface area (Å²) in [5, 5.41) is 0. The van der Waals surface area contributed by atoms with Crippen molar-refractivity contribution in [3.63, 3.8) is 0 Å². The summed E-state index contributed by atoms with van der Waals surface area (Å²) in [5.74, 6) is -0.202. The molecule has 0 aromatic carbocycles. The molecule has 1 aliphatic carbocycles. The summed E-state index contributed by atoms with van der Waals surface area (Å²) in [7, 11) is 0. The Kier molecular flexibility index (Phi) is 3.38. The predicted molar refractivity (Wildman–Crippen MR) is 71.6 cm³/mol. The quantitative estimate of drug-likeness (QED) is 0.857. The molecular formula is C14H18N4O2. The third-order valence-corrected chi connectivity index (χ3v) is 4.18. The van der Waals surface area contributed by atoms with Crippen LogP contribution in [0.1, 0.15) is 47.6 Å². The van der Waals surface area contributed by atoms with Crippen molar-refractivity contribution in [1.29, 1.82) is 0 Å². The fraction of sp³-hybridized carbons (Fsp3) is 0.571. The van der Waals surface area contributed by atoms with Gasteiger partial charge in [0.05, 0.1) is 12.2 Å². The van der Waals surface area contributed by atoms with Gasteiger partial charge in [0.15, 0.2) is 0 Å². The minimum absolute atomic E-state index is 0.0268. The summed E-state index contributed by atoms with van der Waals surface area (Å²) < 4.78 is 0. The van der Waals surface area contributed by atoms with Gasteiger partial charge in [-0.3, -0.25) is 9.59 Å². The molecule has 6 nitrogen and oxygen atoms in total. The number of hydrogen-bond donors (Lipinski definition) is 1. The summed E-state index contributed by atoms with van der Waals surface area (Å²) in [6, 6.07) is 0. The molecule has 2 N–H and O–H groups in total. The fourth-order valence-electron chi connectivity index (χ4n) is 3.04. The molecule has 0 radical (unpaired) electrons. The van der Waals surface area contributed by atoms with E-state index in [1.807, 2.05) is 4.90 Å². The molecule has 0 spiro atoms. The smallest absolute Gasteiger partial charge is 0.286 e. The molecule has 1 saturated carbocycles. The minimum atomic E-state index is -0.632. The summed E-state index contributed by atoms with van der Waals surface area (Å²) in [6.07, 6.45) is 6.69. The zero-order chi connectivity index (χ0) is 14.1. The van der Waals surface area contributed by atoms with Crippen LogP contribution in [0.4, 0.5) is 0 Å². The third-order valence-electron chi connectivity index (χ3n) is 4.18. The molecule has 2 heterocycles. The van der Waals surface area contributed by atoms with Crippen LogP contribution in [0.5, 0.6) is 0 Å². The summed E-state index contributed by atoms with van der Waals surface area (Å²) in [6.45, 7) is 1.18. The van der Waals surface area contributed by atoms with Gasteiger partial charge < -0.3 is 10.6 Å². The van der Waals surface area contributed by atoms with Crippen LogP contribution in [0.15, 0.2) is 6.20 Å². The fourth-order valence-corrected chi connectivity index (χ4v) is 3.04. The second-order valence-electron chi connectivity index (χ2n) is 5.52. The Hall–Kier alpha value is -1.98. The molecule has 6 heteroatoms. The number of primary amides is 1. The van der Waals surface area contributed by atoms with Crippen LogP contribution in [0.25, 0.3) is 0 Å². The lowest BCUT2D eigenvalue weighted by molar-refractivity contribution is -0.136. The largest absolute Gasteiger partial charge is 0.363 e. The van der Waals surface area contributed by atoms with Crippen LogP contribution in [-0.4, -0.2) is 33.2 Å². The van der Waals surface area contributed by atoms with E-state index in [1.165, 1.54) is 0 Å². The van der Waals surface area contributed by atoms with Gasteiger partial charge in [0.1, 0.15) is 0 Å². The van der Waals surface area contributed by atoms with Gasteiger partial charge in [-0.25, -0.2) is 9.97 Å². The van der Waals surface area contributed by atoms with Crippen molar-refractivity contribution in [2.45, 2.75) is 38.6 Å². The average molecular weight is 274 g/mol. The molecule has 3 rings (SSSR count). The highest BCUT2D eigenvalue weighted by Crippen LogP contribution is 2.28. The Balaban J connectivity index is 1.78. The first-order valence-corrected chi connectivity index (χ1v) is 7.08. The monoisotopic (exact) mass is 274 g/mol. The average Bonchev–Trinajstić information content (AvgIpc) is 2.99. The van der Waals surface area contributed by atoms with Crippen molar-refractivity contribution in [3.05, 3.63) is 23.3 Å². The zero-order valence-electron chi connectivity index (χ0n) is 11.3. The van der Waals surface area contributed by atoms with Gasteiger partial charge in [-0.15, -0.1) is 0 Å². The minimum Gasteiger partial charge on any atom is -0.363 e. The van der Waals surface area contributed by atoms with Gasteiger partial charge in [-0.2, -0.15) is 0 Å². The van der Waals surface area contributed by atoms with E-state index in [2.05, 4.69) is 9.97 Å². The zero-order valence-corrected chi connectivity index (χ0v) is 11.3. The Morgan fingerprint density at radius 3 is 2.75 bits per heavy atom. The van der Waals surface area contributed by atoms with Crippen LogP contribution < -0.4 is 5.73 Å². The van der Waals surface area contributed by atoms with Crippen molar-refractivity contribution >= 4 is 11.8 Å². The first-order chi connectivity index (χ1) is 9.65. The SMILES string of the molecule is NC(=O)c1ncc2c(n1)CN(C(=O)C1CCCC1)CC2. The Bertz CT molecular complexity index is 552. The molecule has 0 saturated heterocycles. The van der Waals surface area contributed by atoms with Gasteiger partial charge in [0, 0.05) is 18.7 Å². The van der Waals surface area contributed by atoms with Crippen LogP contribution in [0, 0.1) is 5.92 Å². The molecule has 1 aliphatic heterocycles. The molecule has 1 aromatic rings. The lowest BCUT2D eigenvalue weighted by atomic mass is 10.0. The molecule has 0 unspecified atom stereocenters. The maximum Gasteiger partial charge on any atom is 0.286 e. The normalized spacial score (nSPS) is 18.9. The number of carbonyl (C=O) groups is 2. The van der Waals surface area contributed by atoms with Gasteiger partial charge in [-0.05, 0) is 24.8 Å². The number of carbonyl (C=O) groups excluding carboxylic acids is 2. The Morgan fingerprint density at radius 2 is 2.05 bits per heavy atom.